The van der Waals surface area contributed by atoms with Crippen molar-refractivity contribution in [2.24, 2.45) is 0 Å². The summed E-state index contributed by atoms with van der Waals surface area (Å²) in [7, 11) is 0. The molecule has 0 amide bonds. The van der Waals surface area contributed by atoms with Crippen LogP contribution in [0.1, 0.15) is 38.3 Å². The van der Waals surface area contributed by atoms with Gasteiger partial charge in [0.25, 0.3) is 0 Å². The van der Waals surface area contributed by atoms with E-state index in [1.807, 2.05) is 6.20 Å². The summed E-state index contributed by atoms with van der Waals surface area (Å²) in [6.45, 7) is 3.60. The first-order chi connectivity index (χ1) is 10.8. The lowest BCUT2D eigenvalue weighted by Gasteiger charge is -2.21. The van der Waals surface area contributed by atoms with E-state index in [1.165, 1.54) is 29.7 Å². The molecule has 5 heteroatoms. The lowest BCUT2D eigenvalue weighted by Crippen LogP contribution is -2.11. The molecule has 2 aromatic rings. The Labute approximate surface area is 135 Å². The van der Waals surface area contributed by atoms with Crippen LogP contribution in [-0.2, 0) is 6.54 Å². The van der Waals surface area contributed by atoms with Crippen LogP contribution in [0.2, 0.25) is 5.02 Å². The molecule has 2 heterocycles. The molecule has 0 aromatic carbocycles. The number of halogens is 1. The second-order valence-corrected chi connectivity index (χ2v) is 5.89. The molecule has 116 valence electrons. The van der Waals surface area contributed by atoms with Gasteiger partial charge in [-0.15, -0.1) is 0 Å². The van der Waals surface area contributed by atoms with Gasteiger partial charge in [0.2, 0.25) is 0 Å². The summed E-state index contributed by atoms with van der Waals surface area (Å²) in [6.07, 6.45) is 9.81. The minimum Gasteiger partial charge on any atom is -0.488 e. The zero-order valence-corrected chi connectivity index (χ0v) is 13.5. The molecule has 0 fully saturated rings. The van der Waals surface area contributed by atoms with E-state index in [0.29, 0.717) is 17.4 Å². The third-order valence-corrected chi connectivity index (χ3v) is 4.21. The maximum atomic E-state index is 5.95. The summed E-state index contributed by atoms with van der Waals surface area (Å²) in [4.78, 5) is 4.06. The van der Waals surface area contributed by atoms with Crippen molar-refractivity contribution in [3.8, 4) is 5.75 Å². The van der Waals surface area contributed by atoms with Gasteiger partial charge in [0, 0.05) is 25.0 Å². The number of hydrogen-bond donors (Lipinski definition) is 0. The van der Waals surface area contributed by atoms with Crippen molar-refractivity contribution in [3.63, 3.8) is 0 Å². The highest BCUT2D eigenvalue weighted by atomic mass is 35.5. The van der Waals surface area contributed by atoms with Crippen molar-refractivity contribution in [2.75, 3.05) is 6.61 Å². The number of nitrogens with zero attached hydrogens (tertiary/aromatic N) is 3. The van der Waals surface area contributed by atoms with Crippen molar-refractivity contribution in [3.05, 3.63) is 47.0 Å². The van der Waals surface area contributed by atoms with Crippen molar-refractivity contribution in [1.82, 2.24) is 14.8 Å². The van der Waals surface area contributed by atoms with Crippen LogP contribution in [-0.4, -0.2) is 21.4 Å². The summed E-state index contributed by atoms with van der Waals surface area (Å²) in [5.74, 6) is 0.717. The number of rotatable bonds is 5. The van der Waals surface area contributed by atoms with Gasteiger partial charge >= 0.3 is 0 Å². The van der Waals surface area contributed by atoms with Gasteiger partial charge in [0.05, 0.1) is 16.9 Å². The average molecular weight is 318 g/mol. The predicted octanol–water partition coefficient (Wildman–Crippen LogP) is 4.36. The number of pyridine rings is 1. The summed E-state index contributed by atoms with van der Waals surface area (Å²) in [5.41, 5.74) is 3.98. The maximum Gasteiger partial charge on any atom is 0.139 e. The van der Waals surface area contributed by atoms with E-state index in [-0.39, 0.29) is 0 Å². The highest BCUT2D eigenvalue weighted by molar-refractivity contribution is 6.30. The van der Waals surface area contributed by atoms with Crippen LogP contribution in [0, 0.1) is 0 Å². The molecular weight excluding hydrogens is 298 g/mol. The first kappa shape index (κ1) is 15.1. The first-order valence-corrected chi connectivity index (χ1v) is 8.12. The standard InChI is InChI=1S/C17H20ClN3O/c1-2-21-17(7-8-20-21)16-6-4-3-5-13(16)12-22-15-9-14(18)10-19-11-15/h7-11H,2-6,12H2,1H3. The van der Waals surface area contributed by atoms with Gasteiger partial charge < -0.3 is 4.74 Å². The molecule has 22 heavy (non-hydrogen) atoms. The van der Waals surface area contributed by atoms with Gasteiger partial charge in [-0.3, -0.25) is 9.67 Å². The van der Waals surface area contributed by atoms with Crippen LogP contribution in [0.25, 0.3) is 5.57 Å². The monoisotopic (exact) mass is 317 g/mol. The highest BCUT2D eigenvalue weighted by Gasteiger charge is 2.17. The van der Waals surface area contributed by atoms with Crippen LogP contribution in [0.15, 0.2) is 36.3 Å². The lowest BCUT2D eigenvalue weighted by atomic mass is 9.90. The Kier molecular flexibility index (Phi) is 4.78. The van der Waals surface area contributed by atoms with Crippen LogP contribution in [0.3, 0.4) is 0 Å². The number of allylic oxidation sites excluding steroid dienone is 1. The molecule has 0 spiro atoms. The molecule has 3 rings (SSSR count). The van der Waals surface area contributed by atoms with E-state index in [1.54, 1.807) is 18.5 Å². The van der Waals surface area contributed by atoms with Gasteiger partial charge in [-0.2, -0.15) is 5.10 Å². The zero-order valence-electron chi connectivity index (χ0n) is 12.8. The Morgan fingerprint density at radius 2 is 2.14 bits per heavy atom. The Balaban J connectivity index is 1.82. The number of ether oxygens (including phenoxy) is 1. The molecule has 0 atom stereocenters. The number of aryl methyl sites for hydroxylation is 1. The molecule has 1 aliphatic rings. The second-order valence-electron chi connectivity index (χ2n) is 5.45. The van der Waals surface area contributed by atoms with Gasteiger partial charge in [-0.1, -0.05) is 11.6 Å². The third kappa shape index (κ3) is 3.33. The smallest absolute Gasteiger partial charge is 0.139 e. The third-order valence-electron chi connectivity index (χ3n) is 4.00. The zero-order chi connectivity index (χ0) is 15.4. The largest absolute Gasteiger partial charge is 0.488 e. The predicted molar refractivity (Wildman–Crippen MR) is 88.0 cm³/mol. The molecule has 0 radical (unpaired) electrons. The second kappa shape index (κ2) is 6.97. The van der Waals surface area contributed by atoms with E-state index < -0.39 is 0 Å². The van der Waals surface area contributed by atoms with Gasteiger partial charge in [0.15, 0.2) is 0 Å². The Hall–Kier alpha value is -1.81. The van der Waals surface area contributed by atoms with Crippen molar-refractivity contribution in [2.45, 2.75) is 39.2 Å². The minimum atomic E-state index is 0.590. The lowest BCUT2D eigenvalue weighted by molar-refractivity contribution is 0.343. The molecule has 0 saturated heterocycles. The maximum absolute atomic E-state index is 5.95. The van der Waals surface area contributed by atoms with Gasteiger partial charge in [0.1, 0.15) is 12.4 Å². The summed E-state index contributed by atoms with van der Waals surface area (Å²) >= 11 is 5.95. The SMILES string of the molecule is CCn1nccc1C1=C(COc2cncc(Cl)c2)CCCC1. The molecule has 0 N–H and O–H groups in total. The molecular formula is C17H20ClN3O. The summed E-state index contributed by atoms with van der Waals surface area (Å²) < 4.78 is 7.95. The quantitative estimate of drug-likeness (QED) is 0.822. The topological polar surface area (TPSA) is 39.9 Å². The van der Waals surface area contributed by atoms with Crippen molar-refractivity contribution < 1.29 is 4.74 Å². The average Bonchev–Trinajstić information content (AvgIpc) is 3.02. The van der Waals surface area contributed by atoms with E-state index in [2.05, 4.69) is 27.8 Å². The molecule has 0 bridgehead atoms. The Morgan fingerprint density at radius 1 is 1.27 bits per heavy atom. The minimum absolute atomic E-state index is 0.590. The Bertz CT molecular complexity index is 678. The number of aromatic nitrogens is 3. The summed E-state index contributed by atoms with van der Waals surface area (Å²) in [5, 5.41) is 4.99. The highest BCUT2D eigenvalue weighted by Crippen LogP contribution is 2.32. The van der Waals surface area contributed by atoms with E-state index in [9.17, 15) is 0 Å². The van der Waals surface area contributed by atoms with E-state index >= 15 is 0 Å². The van der Waals surface area contributed by atoms with E-state index in [0.717, 1.165) is 19.4 Å². The van der Waals surface area contributed by atoms with Crippen molar-refractivity contribution >= 4 is 17.2 Å². The van der Waals surface area contributed by atoms with Crippen LogP contribution in [0.5, 0.6) is 5.75 Å². The fourth-order valence-corrected chi connectivity index (χ4v) is 3.08. The van der Waals surface area contributed by atoms with Crippen LogP contribution >= 0.6 is 11.6 Å². The molecule has 4 nitrogen and oxygen atoms in total. The summed E-state index contributed by atoms with van der Waals surface area (Å²) in [6, 6.07) is 3.90. The van der Waals surface area contributed by atoms with E-state index in [4.69, 9.17) is 16.3 Å². The van der Waals surface area contributed by atoms with Gasteiger partial charge in [-0.25, -0.2) is 0 Å². The van der Waals surface area contributed by atoms with Crippen molar-refractivity contribution in [1.29, 1.82) is 0 Å². The first-order valence-electron chi connectivity index (χ1n) is 7.74. The number of hydrogen-bond acceptors (Lipinski definition) is 3. The normalized spacial score (nSPS) is 15.2. The molecule has 0 unspecified atom stereocenters. The molecule has 0 aliphatic heterocycles. The fourth-order valence-electron chi connectivity index (χ4n) is 2.92. The fraction of sp³-hybridized carbons (Fsp3) is 0.412. The van der Waals surface area contributed by atoms with Gasteiger partial charge in [-0.05, 0) is 49.8 Å². The van der Waals surface area contributed by atoms with Crippen LogP contribution < -0.4 is 4.74 Å². The van der Waals surface area contributed by atoms with Crippen LogP contribution in [0.4, 0.5) is 0 Å². The molecule has 0 saturated carbocycles. The Morgan fingerprint density at radius 3 is 2.95 bits per heavy atom. The molecule has 2 aromatic heterocycles. The molecule has 1 aliphatic carbocycles.